The van der Waals surface area contributed by atoms with Gasteiger partial charge in [-0.05, 0) is 31.5 Å². The topological polar surface area (TPSA) is 101 Å². The van der Waals surface area contributed by atoms with Crippen LogP contribution in [-0.4, -0.2) is 26.4 Å². The van der Waals surface area contributed by atoms with Gasteiger partial charge in [-0.1, -0.05) is 20.8 Å². The minimum Gasteiger partial charge on any atom is -0.377 e. The highest BCUT2D eigenvalue weighted by Crippen LogP contribution is 2.31. The number of rotatable bonds is 5. The van der Waals surface area contributed by atoms with E-state index in [4.69, 9.17) is 0 Å². The summed E-state index contributed by atoms with van der Waals surface area (Å²) in [5.41, 5.74) is -0.0521. The third-order valence-electron chi connectivity index (χ3n) is 3.42. The maximum atomic E-state index is 11.7. The second-order valence-corrected chi connectivity index (χ2v) is 7.76. The van der Waals surface area contributed by atoms with E-state index in [1.807, 2.05) is 27.7 Å². The molecule has 0 aliphatic rings. The fourth-order valence-corrected chi connectivity index (χ4v) is 2.27. The molecule has 0 aliphatic heterocycles. The van der Waals surface area contributed by atoms with E-state index in [1.165, 1.54) is 19.2 Å². The first-order chi connectivity index (χ1) is 9.49. The summed E-state index contributed by atoms with van der Waals surface area (Å²) in [5.74, 6) is 0. The van der Waals surface area contributed by atoms with Crippen molar-refractivity contribution in [3.63, 3.8) is 0 Å². The van der Waals surface area contributed by atoms with Gasteiger partial charge in [-0.25, -0.2) is 13.1 Å². The Hall–Kier alpha value is -1.67. The van der Waals surface area contributed by atoms with Gasteiger partial charge >= 0.3 is 0 Å². The number of nitrogens with zero attached hydrogens (tertiary/aromatic N) is 1. The van der Waals surface area contributed by atoms with Crippen molar-refractivity contribution in [2.24, 2.45) is 5.41 Å². The summed E-state index contributed by atoms with van der Waals surface area (Å²) in [4.78, 5) is 10.4. The molecular formula is C13H21N3O4S. The minimum absolute atomic E-state index is 0.0250. The predicted octanol–water partition coefficient (Wildman–Crippen LogP) is 2.35. The van der Waals surface area contributed by atoms with Crippen LogP contribution in [0.1, 0.15) is 27.7 Å². The number of nitro benzene ring substituents is 1. The average molecular weight is 315 g/mol. The standard InChI is InChI=1S/C13H21N3O4S/c1-9(13(2,3)4)15-11-7-6-10(21(19,20)14-5)8-12(11)16(17)18/h6-9,14-15H,1-5H3. The first kappa shape index (κ1) is 17.4. The molecule has 1 aromatic rings. The van der Waals surface area contributed by atoms with Crippen molar-refractivity contribution in [3.8, 4) is 0 Å². The maximum Gasteiger partial charge on any atom is 0.293 e. The molecular weight excluding hydrogens is 294 g/mol. The highest BCUT2D eigenvalue weighted by Gasteiger charge is 2.25. The van der Waals surface area contributed by atoms with Crippen LogP contribution in [0.5, 0.6) is 0 Å². The predicted molar refractivity (Wildman–Crippen MR) is 81.9 cm³/mol. The normalized spacial score (nSPS) is 13.8. The summed E-state index contributed by atoms with van der Waals surface area (Å²) in [6, 6.07) is 3.80. The molecule has 0 spiro atoms. The van der Waals surface area contributed by atoms with E-state index in [-0.39, 0.29) is 22.0 Å². The zero-order valence-electron chi connectivity index (χ0n) is 12.8. The molecule has 1 aromatic carbocycles. The maximum absolute atomic E-state index is 11.7. The van der Waals surface area contributed by atoms with Crippen molar-refractivity contribution in [2.45, 2.75) is 38.6 Å². The molecule has 1 unspecified atom stereocenters. The smallest absolute Gasteiger partial charge is 0.293 e. The molecule has 0 aromatic heterocycles. The van der Waals surface area contributed by atoms with Crippen molar-refractivity contribution in [1.29, 1.82) is 0 Å². The van der Waals surface area contributed by atoms with Crippen LogP contribution >= 0.6 is 0 Å². The van der Waals surface area contributed by atoms with Gasteiger partial charge in [0.25, 0.3) is 5.69 Å². The Kier molecular flexibility index (Phi) is 4.95. The average Bonchev–Trinajstić information content (AvgIpc) is 2.37. The molecule has 0 fully saturated rings. The minimum atomic E-state index is -3.71. The summed E-state index contributed by atoms with van der Waals surface area (Å²) >= 11 is 0. The van der Waals surface area contributed by atoms with Crippen LogP contribution < -0.4 is 10.0 Å². The summed E-state index contributed by atoms with van der Waals surface area (Å²) in [6.45, 7) is 7.95. The molecule has 0 radical (unpaired) electrons. The molecule has 2 N–H and O–H groups in total. The molecule has 1 rings (SSSR count). The Bertz CT molecular complexity index is 635. The van der Waals surface area contributed by atoms with Crippen LogP contribution in [0, 0.1) is 15.5 Å². The quantitative estimate of drug-likeness (QED) is 0.641. The lowest BCUT2D eigenvalue weighted by atomic mass is 9.88. The molecule has 8 heteroatoms. The number of hydrogen-bond acceptors (Lipinski definition) is 5. The fraction of sp³-hybridized carbons (Fsp3) is 0.538. The summed E-state index contributed by atoms with van der Waals surface area (Å²) in [7, 11) is -2.45. The van der Waals surface area contributed by atoms with Crippen LogP contribution in [-0.2, 0) is 10.0 Å². The molecule has 1 atom stereocenters. The lowest BCUT2D eigenvalue weighted by Crippen LogP contribution is -2.31. The Balaban J connectivity index is 3.27. The lowest BCUT2D eigenvalue weighted by molar-refractivity contribution is -0.384. The number of benzene rings is 1. The zero-order chi connectivity index (χ0) is 16.4. The largest absolute Gasteiger partial charge is 0.377 e. The fourth-order valence-electron chi connectivity index (χ4n) is 1.52. The first-order valence-electron chi connectivity index (χ1n) is 6.47. The SMILES string of the molecule is CNS(=O)(=O)c1ccc(NC(C)C(C)(C)C)c([N+](=O)[O-])c1. The Labute approximate surface area is 124 Å². The van der Waals surface area contributed by atoms with Crippen molar-refractivity contribution < 1.29 is 13.3 Å². The number of nitrogens with one attached hydrogen (secondary N) is 2. The summed E-state index contributed by atoms with van der Waals surface area (Å²) in [6.07, 6.45) is 0. The number of sulfonamides is 1. The van der Waals surface area contributed by atoms with Crippen LogP contribution in [0.2, 0.25) is 0 Å². The molecule has 0 saturated heterocycles. The molecule has 118 valence electrons. The second kappa shape index (κ2) is 5.98. The van der Waals surface area contributed by atoms with E-state index in [1.54, 1.807) is 0 Å². The lowest BCUT2D eigenvalue weighted by Gasteiger charge is -2.28. The molecule has 0 heterocycles. The van der Waals surface area contributed by atoms with E-state index in [0.29, 0.717) is 5.69 Å². The Morgan fingerprint density at radius 3 is 2.29 bits per heavy atom. The van der Waals surface area contributed by atoms with Gasteiger partial charge in [0.1, 0.15) is 5.69 Å². The van der Waals surface area contributed by atoms with Gasteiger partial charge in [-0.3, -0.25) is 10.1 Å². The Morgan fingerprint density at radius 1 is 1.29 bits per heavy atom. The van der Waals surface area contributed by atoms with Gasteiger partial charge in [0.05, 0.1) is 9.82 Å². The Morgan fingerprint density at radius 2 is 1.86 bits per heavy atom. The molecule has 0 bridgehead atoms. The summed E-state index contributed by atoms with van der Waals surface area (Å²) < 4.78 is 25.6. The number of nitro groups is 1. The van der Waals surface area contributed by atoms with Crippen LogP contribution in [0.25, 0.3) is 0 Å². The highest BCUT2D eigenvalue weighted by molar-refractivity contribution is 7.89. The van der Waals surface area contributed by atoms with Crippen molar-refractivity contribution in [1.82, 2.24) is 4.72 Å². The monoisotopic (exact) mass is 315 g/mol. The highest BCUT2D eigenvalue weighted by atomic mass is 32.2. The van der Waals surface area contributed by atoms with Crippen LogP contribution in [0.15, 0.2) is 23.1 Å². The van der Waals surface area contributed by atoms with Gasteiger partial charge in [0.2, 0.25) is 10.0 Å². The molecule has 0 saturated carbocycles. The molecule has 7 nitrogen and oxygen atoms in total. The van der Waals surface area contributed by atoms with E-state index >= 15 is 0 Å². The van der Waals surface area contributed by atoms with Gasteiger partial charge < -0.3 is 5.32 Å². The van der Waals surface area contributed by atoms with Crippen molar-refractivity contribution >= 4 is 21.4 Å². The molecule has 21 heavy (non-hydrogen) atoms. The van der Waals surface area contributed by atoms with E-state index < -0.39 is 14.9 Å². The van der Waals surface area contributed by atoms with Crippen LogP contribution in [0.4, 0.5) is 11.4 Å². The second-order valence-electron chi connectivity index (χ2n) is 5.88. The van der Waals surface area contributed by atoms with Crippen molar-refractivity contribution in [2.75, 3.05) is 12.4 Å². The first-order valence-corrected chi connectivity index (χ1v) is 7.96. The summed E-state index contributed by atoms with van der Waals surface area (Å²) in [5, 5.41) is 14.2. The molecule has 0 amide bonds. The molecule has 0 aliphatic carbocycles. The van der Waals surface area contributed by atoms with Gasteiger partial charge in [-0.15, -0.1) is 0 Å². The van der Waals surface area contributed by atoms with Crippen molar-refractivity contribution in [3.05, 3.63) is 28.3 Å². The third-order valence-corrected chi connectivity index (χ3v) is 4.83. The van der Waals surface area contributed by atoms with Gasteiger partial charge in [0, 0.05) is 12.1 Å². The zero-order valence-corrected chi connectivity index (χ0v) is 13.6. The number of anilines is 1. The van der Waals surface area contributed by atoms with E-state index in [9.17, 15) is 18.5 Å². The third kappa shape index (κ3) is 4.15. The van der Waals surface area contributed by atoms with Crippen LogP contribution in [0.3, 0.4) is 0 Å². The van der Waals surface area contributed by atoms with E-state index in [2.05, 4.69) is 10.0 Å². The van der Waals surface area contributed by atoms with Gasteiger partial charge in [0.15, 0.2) is 0 Å². The van der Waals surface area contributed by atoms with Gasteiger partial charge in [-0.2, -0.15) is 0 Å². The number of hydrogen-bond donors (Lipinski definition) is 2. The van der Waals surface area contributed by atoms with E-state index in [0.717, 1.165) is 6.07 Å².